The van der Waals surface area contributed by atoms with Crippen molar-refractivity contribution in [2.45, 2.75) is 25.2 Å². The smallest absolute Gasteiger partial charge is 0.102 e. The van der Waals surface area contributed by atoms with Crippen molar-refractivity contribution in [2.24, 2.45) is 5.73 Å². The van der Waals surface area contributed by atoms with E-state index in [2.05, 4.69) is 0 Å². The number of rotatable bonds is 7. The van der Waals surface area contributed by atoms with Gasteiger partial charge in [0.15, 0.2) is 0 Å². The van der Waals surface area contributed by atoms with Gasteiger partial charge in [0.25, 0.3) is 0 Å². The standard InChI is InChI=1S/C18H23NO2/c1-14(13-20-2)21-18(16-11-7-4-8-12-16)17(19)15-9-5-3-6-10-15/h3-12,14,17-18H,13,19H2,1-2H3. The molecule has 0 fully saturated rings. The lowest BCUT2D eigenvalue weighted by Crippen LogP contribution is -2.27. The second-order valence-electron chi connectivity index (χ2n) is 5.17. The van der Waals surface area contributed by atoms with E-state index in [1.54, 1.807) is 7.11 Å². The molecule has 0 aliphatic rings. The van der Waals surface area contributed by atoms with Crippen LogP contribution < -0.4 is 5.73 Å². The molecule has 2 N–H and O–H groups in total. The third kappa shape index (κ3) is 4.39. The van der Waals surface area contributed by atoms with E-state index in [4.69, 9.17) is 15.2 Å². The third-order valence-electron chi connectivity index (χ3n) is 3.42. The Balaban J connectivity index is 2.23. The molecule has 21 heavy (non-hydrogen) atoms. The Labute approximate surface area is 126 Å². The Kier molecular flexibility index (Phi) is 5.93. The van der Waals surface area contributed by atoms with Crippen molar-refractivity contribution in [3.05, 3.63) is 71.8 Å². The molecule has 2 aromatic carbocycles. The average molecular weight is 285 g/mol. The van der Waals surface area contributed by atoms with Crippen LogP contribution in [-0.4, -0.2) is 19.8 Å². The van der Waals surface area contributed by atoms with Crippen LogP contribution in [0.5, 0.6) is 0 Å². The van der Waals surface area contributed by atoms with Gasteiger partial charge in [0.2, 0.25) is 0 Å². The first kappa shape index (κ1) is 15.7. The second-order valence-corrected chi connectivity index (χ2v) is 5.17. The van der Waals surface area contributed by atoms with Crippen LogP contribution in [0.3, 0.4) is 0 Å². The Bertz CT molecular complexity index is 515. The maximum absolute atomic E-state index is 6.45. The summed E-state index contributed by atoms with van der Waals surface area (Å²) in [6.07, 6.45) is -0.214. The molecule has 0 bridgehead atoms. The van der Waals surface area contributed by atoms with E-state index in [-0.39, 0.29) is 18.2 Å². The molecule has 0 aliphatic carbocycles. The largest absolute Gasteiger partial charge is 0.382 e. The van der Waals surface area contributed by atoms with Crippen LogP contribution in [0.25, 0.3) is 0 Å². The van der Waals surface area contributed by atoms with Gasteiger partial charge in [0.1, 0.15) is 6.10 Å². The number of hydrogen-bond acceptors (Lipinski definition) is 3. The highest BCUT2D eigenvalue weighted by atomic mass is 16.5. The second kappa shape index (κ2) is 7.93. The summed E-state index contributed by atoms with van der Waals surface area (Å²) in [4.78, 5) is 0. The van der Waals surface area contributed by atoms with E-state index in [9.17, 15) is 0 Å². The minimum absolute atomic E-state index is 0.0185. The van der Waals surface area contributed by atoms with E-state index in [0.29, 0.717) is 6.61 Å². The van der Waals surface area contributed by atoms with Gasteiger partial charge < -0.3 is 15.2 Å². The van der Waals surface area contributed by atoms with Crippen molar-refractivity contribution >= 4 is 0 Å². The van der Waals surface area contributed by atoms with Crippen LogP contribution in [-0.2, 0) is 9.47 Å². The predicted molar refractivity (Wildman–Crippen MR) is 85.0 cm³/mol. The molecule has 0 aliphatic heterocycles. The molecule has 2 aromatic rings. The van der Waals surface area contributed by atoms with E-state index in [0.717, 1.165) is 11.1 Å². The number of hydrogen-bond donors (Lipinski definition) is 1. The van der Waals surface area contributed by atoms with Gasteiger partial charge in [-0.1, -0.05) is 60.7 Å². The van der Waals surface area contributed by atoms with Crippen LogP contribution in [0.1, 0.15) is 30.2 Å². The Morgan fingerprint density at radius 1 is 0.905 bits per heavy atom. The summed E-state index contributed by atoms with van der Waals surface area (Å²) >= 11 is 0. The van der Waals surface area contributed by atoms with E-state index in [1.165, 1.54) is 0 Å². The topological polar surface area (TPSA) is 44.5 Å². The Hall–Kier alpha value is -1.68. The highest BCUT2D eigenvalue weighted by Gasteiger charge is 2.24. The zero-order valence-corrected chi connectivity index (χ0v) is 12.6. The van der Waals surface area contributed by atoms with Crippen molar-refractivity contribution in [1.29, 1.82) is 0 Å². The predicted octanol–water partition coefficient (Wildman–Crippen LogP) is 3.48. The molecule has 2 rings (SSSR count). The molecule has 0 spiro atoms. The van der Waals surface area contributed by atoms with Crippen molar-refractivity contribution in [3.8, 4) is 0 Å². The van der Waals surface area contributed by atoms with E-state index in [1.807, 2.05) is 67.6 Å². The Morgan fingerprint density at radius 2 is 1.43 bits per heavy atom. The first-order chi connectivity index (χ1) is 10.2. The van der Waals surface area contributed by atoms with Gasteiger partial charge in [-0.05, 0) is 18.1 Å². The molecule has 0 saturated heterocycles. The molecular weight excluding hydrogens is 262 g/mol. The van der Waals surface area contributed by atoms with Gasteiger partial charge >= 0.3 is 0 Å². The molecule has 3 heteroatoms. The van der Waals surface area contributed by atoms with Crippen LogP contribution >= 0.6 is 0 Å². The maximum Gasteiger partial charge on any atom is 0.102 e. The summed E-state index contributed by atoms with van der Waals surface area (Å²) in [7, 11) is 1.68. The van der Waals surface area contributed by atoms with Crippen molar-refractivity contribution in [1.82, 2.24) is 0 Å². The van der Waals surface area contributed by atoms with Gasteiger partial charge in [-0.15, -0.1) is 0 Å². The first-order valence-electron chi connectivity index (χ1n) is 7.22. The summed E-state index contributed by atoms with van der Waals surface area (Å²) in [5, 5.41) is 0. The zero-order valence-electron chi connectivity index (χ0n) is 12.6. The third-order valence-corrected chi connectivity index (χ3v) is 3.42. The quantitative estimate of drug-likeness (QED) is 0.847. The van der Waals surface area contributed by atoms with Gasteiger partial charge in [-0.2, -0.15) is 0 Å². The minimum atomic E-state index is -0.215. The molecule has 0 radical (unpaired) electrons. The maximum atomic E-state index is 6.45. The summed E-state index contributed by atoms with van der Waals surface area (Å²) in [6, 6.07) is 19.9. The van der Waals surface area contributed by atoms with Gasteiger partial charge in [-0.25, -0.2) is 0 Å². The van der Waals surface area contributed by atoms with Crippen LogP contribution in [0, 0.1) is 0 Å². The lowest BCUT2D eigenvalue weighted by atomic mass is 9.96. The lowest BCUT2D eigenvalue weighted by Gasteiger charge is -2.28. The molecule has 0 amide bonds. The first-order valence-corrected chi connectivity index (χ1v) is 7.22. The van der Waals surface area contributed by atoms with Crippen molar-refractivity contribution < 1.29 is 9.47 Å². The molecule has 0 saturated carbocycles. The SMILES string of the molecule is COCC(C)OC(c1ccccc1)C(N)c1ccccc1. The molecule has 3 unspecified atom stereocenters. The van der Waals surface area contributed by atoms with Gasteiger partial charge in [0.05, 0.1) is 18.8 Å². The van der Waals surface area contributed by atoms with E-state index >= 15 is 0 Å². The molecule has 112 valence electrons. The van der Waals surface area contributed by atoms with Gasteiger partial charge in [-0.3, -0.25) is 0 Å². The van der Waals surface area contributed by atoms with Gasteiger partial charge in [0, 0.05) is 7.11 Å². The fraction of sp³-hybridized carbons (Fsp3) is 0.333. The number of methoxy groups -OCH3 is 1. The summed E-state index contributed by atoms with van der Waals surface area (Å²) in [5.74, 6) is 0. The van der Waals surface area contributed by atoms with E-state index < -0.39 is 0 Å². The number of ether oxygens (including phenoxy) is 2. The number of nitrogens with two attached hydrogens (primary N) is 1. The van der Waals surface area contributed by atoms with Crippen LogP contribution in [0.4, 0.5) is 0 Å². The molecular formula is C18H23NO2. The summed E-state index contributed by atoms with van der Waals surface area (Å²) in [6.45, 7) is 2.54. The Morgan fingerprint density at radius 3 is 1.95 bits per heavy atom. The molecule has 0 heterocycles. The molecule has 3 nitrogen and oxygen atoms in total. The fourth-order valence-electron chi connectivity index (χ4n) is 2.39. The highest BCUT2D eigenvalue weighted by Crippen LogP contribution is 2.31. The van der Waals surface area contributed by atoms with Crippen LogP contribution in [0.2, 0.25) is 0 Å². The molecule has 0 aromatic heterocycles. The van der Waals surface area contributed by atoms with Crippen LogP contribution in [0.15, 0.2) is 60.7 Å². The van der Waals surface area contributed by atoms with Crippen molar-refractivity contribution in [3.63, 3.8) is 0 Å². The monoisotopic (exact) mass is 285 g/mol. The summed E-state index contributed by atoms with van der Waals surface area (Å²) in [5.41, 5.74) is 8.60. The normalized spacial score (nSPS) is 15.4. The average Bonchev–Trinajstić information content (AvgIpc) is 2.54. The zero-order chi connectivity index (χ0) is 15.1. The number of benzene rings is 2. The lowest BCUT2D eigenvalue weighted by molar-refractivity contribution is -0.0509. The minimum Gasteiger partial charge on any atom is -0.382 e. The molecule has 3 atom stereocenters. The van der Waals surface area contributed by atoms with Crippen molar-refractivity contribution in [2.75, 3.05) is 13.7 Å². The summed E-state index contributed by atoms with van der Waals surface area (Å²) < 4.78 is 11.3. The fourth-order valence-corrected chi connectivity index (χ4v) is 2.39. The highest BCUT2D eigenvalue weighted by molar-refractivity contribution is 5.26.